The fourth-order valence-electron chi connectivity index (χ4n) is 0.307. The van der Waals surface area contributed by atoms with Gasteiger partial charge in [-0.25, -0.2) is 0 Å². The minimum absolute atomic E-state index is 0.0796. The fraction of sp³-hybridized carbons (Fsp3) is 0.333. The highest BCUT2D eigenvalue weighted by Crippen LogP contribution is 1.87. The molecule has 0 aromatic rings. The van der Waals surface area contributed by atoms with E-state index in [9.17, 15) is 0 Å². The smallest absolute Gasteiger partial charge is 0.205 e. The van der Waals surface area contributed by atoms with E-state index in [0.717, 1.165) is 0 Å². The van der Waals surface area contributed by atoms with Crippen LogP contribution in [-0.2, 0) is 4.74 Å². The van der Waals surface area contributed by atoms with Crippen LogP contribution in [0.2, 0.25) is 0 Å². The molecule has 0 aliphatic rings. The number of methoxy groups -OCH3 is 1. The molecule has 0 fully saturated rings. The molecular weight excluding hydrogens is 116 g/mol. The number of ether oxygens (including phenoxy) is 1. The summed E-state index contributed by atoms with van der Waals surface area (Å²) in [5.74, 6) is 0.0796. The zero-order chi connectivity index (χ0) is 7.28. The van der Waals surface area contributed by atoms with Crippen molar-refractivity contribution in [3.8, 4) is 0 Å². The van der Waals surface area contributed by atoms with Crippen molar-refractivity contribution in [1.82, 2.24) is 0 Å². The number of nitrogens with one attached hydrogen (secondary N) is 2. The molecule has 0 aliphatic heterocycles. The van der Waals surface area contributed by atoms with Crippen LogP contribution in [0.3, 0.4) is 0 Å². The zero-order valence-corrected chi connectivity index (χ0v) is 5.56. The van der Waals surface area contributed by atoms with Gasteiger partial charge in [0.1, 0.15) is 0 Å². The molecule has 0 bridgehead atoms. The van der Waals surface area contributed by atoms with Gasteiger partial charge in [0.05, 0.1) is 7.11 Å². The van der Waals surface area contributed by atoms with E-state index in [1.165, 1.54) is 19.4 Å². The predicted octanol–water partition coefficient (Wildman–Crippen LogP) is 1.21. The Kier molecular flexibility index (Phi) is 3.35. The van der Waals surface area contributed by atoms with Crippen molar-refractivity contribution in [1.29, 1.82) is 10.8 Å². The molecule has 0 rings (SSSR count). The fourth-order valence-corrected chi connectivity index (χ4v) is 0.307. The van der Waals surface area contributed by atoms with Gasteiger partial charge in [0.2, 0.25) is 5.90 Å². The summed E-state index contributed by atoms with van der Waals surface area (Å²) in [6.45, 7) is 1.74. The molecule has 0 aliphatic carbocycles. The Bertz CT molecular complexity index is 149. The van der Waals surface area contributed by atoms with Crippen molar-refractivity contribution in [3.63, 3.8) is 0 Å². The molecule has 3 heteroatoms. The molecule has 50 valence electrons. The van der Waals surface area contributed by atoms with Gasteiger partial charge in [-0.05, 0) is 12.5 Å². The summed E-state index contributed by atoms with van der Waals surface area (Å²) >= 11 is 0. The summed E-state index contributed by atoms with van der Waals surface area (Å²) in [4.78, 5) is 0. The lowest BCUT2D eigenvalue weighted by molar-refractivity contribution is 0.403. The predicted molar refractivity (Wildman–Crippen MR) is 37.3 cm³/mol. The van der Waals surface area contributed by atoms with E-state index in [1.807, 2.05) is 0 Å². The van der Waals surface area contributed by atoms with Gasteiger partial charge in [0.15, 0.2) is 0 Å². The van der Waals surface area contributed by atoms with E-state index >= 15 is 0 Å². The molecule has 0 aromatic heterocycles. The van der Waals surface area contributed by atoms with Crippen molar-refractivity contribution >= 4 is 12.1 Å². The third-order valence-corrected chi connectivity index (χ3v) is 0.806. The summed E-state index contributed by atoms with van der Waals surface area (Å²) in [6.07, 6.45) is 2.65. The van der Waals surface area contributed by atoms with Gasteiger partial charge < -0.3 is 10.1 Å². The van der Waals surface area contributed by atoms with E-state index in [-0.39, 0.29) is 5.90 Å². The topological polar surface area (TPSA) is 56.9 Å². The van der Waals surface area contributed by atoms with Crippen molar-refractivity contribution in [2.24, 2.45) is 0 Å². The van der Waals surface area contributed by atoms with E-state index in [1.54, 1.807) is 6.92 Å². The van der Waals surface area contributed by atoms with Crippen molar-refractivity contribution in [3.05, 3.63) is 11.6 Å². The van der Waals surface area contributed by atoms with Crippen LogP contribution in [0.4, 0.5) is 0 Å². The number of allylic oxidation sites excluding steroid dienone is 1. The van der Waals surface area contributed by atoms with Crippen molar-refractivity contribution in [2.45, 2.75) is 6.92 Å². The number of rotatable bonds is 2. The molecule has 3 nitrogen and oxygen atoms in total. The Hall–Kier alpha value is -1.12. The van der Waals surface area contributed by atoms with Gasteiger partial charge >= 0.3 is 0 Å². The SMILES string of the molecule is COC(=N)/C=C(/C)C=N. The molecule has 9 heavy (non-hydrogen) atoms. The number of hydrogen-bond acceptors (Lipinski definition) is 3. The van der Waals surface area contributed by atoms with Gasteiger partial charge in [-0.2, -0.15) is 0 Å². The summed E-state index contributed by atoms with van der Waals surface area (Å²) in [5, 5.41) is 13.7. The summed E-state index contributed by atoms with van der Waals surface area (Å²) in [5.41, 5.74) is 0.710. The molecule has 0 unspecified atom stereocenters. The zero-order valence-electron chi connectivity index (χ0n) is 5.56. The van der Waals surface area contributed by atoms with Crippen LogP contribution >= 0.6 is 0 Å². The molecule has 0 atom stereocenters. The lowest BCUT2D eigenvalue weighted by atomic mass is 10.3. The molecule has 0 saturated carbocycles. The van der Waals surface area contributed by atoms with E-state index in [2.05, 4.69) is 4.74 Å². The molecule has 0 heterocycles. The summed E-state index contributed by atoms with van der Waals surface area (Å²) < 4.78 is 4.53. The summed E-state index contributed by atoms with van der Waals surface area (Å²) in [6, 6.07) is 0. The van der Waals surface area contributed by atoms with E-state index in [4.69, 9.17) is 10.8 Å². The first-order valence-electron chi connectivity index (χ1n) is 2.52. The lowest BCUT2D eigenvalue weighted by Crippen LogP contribution is -1.94. The number of hydrogen-bond donors (Lipinski definition) is 2. The molecule has 0 saturated heterocycles. The largest absolute Gasteiger partial charge is 0.481 e. The first kappa shape index (κ1) is 7.88. The molecule has 0 aromatic carbocycles. The highest BCUT2D eigenvalue weighted by atomic mass is 16.5. The second-order valence-electron chi connectivity index (χ2n) is 1.60. The quantitative estimate of drug-likeness (QED) is 0.424. The highest BCUT2D eigenvalue weighted by molar-refractivity contribution is 5.91. The van der Waals surface area contributed by atoms with Gasteiger partial charge in [0.25, 0.3) is 0 Å². The van der Waals surface area contributed by atoms with Crippen LogP contribution in [0.1, 0.15) is 6.92 Å². The Balaban J connectivity index is 3.94. The van der Waals surface area contributed by atoms with Crippen LogP contribution in [0.25, 0.3) is 0 Å². The normalized spacial score (nSPS) is 10.7. The minimum Gasteiger partial charge on any atom is -0.481 e. The molecule has 0 spiro atoms. The third-order valence-electron chi connectivity index (χ3n) is 0.806. The monoisotopic (exact) mass is 126 g/mol. The van der Waals surface area contributed by atoms with E-state index < -0.39 is 0 Å². The van der Waals surface area contributed by atoms with Crippen molar-refractivity contribution in [2.75, 3.05) is 7.11 Å². The standard InChI is InChI=1S/C6H10N2O/c1-5(4-7)3-6(8)9-2/h3-4,7-8H,1-2H3/b5-3-,7-4?,8-6?. The van der Waals surface area contributed by atoms with Crippen LogP contribution in [0.15, 0.2) is 11.6 Å². The lowest BCUT2D eigenvalue weighted by Gasteiger charge is -1.93. The van der Waals surface area contributed by atoms with Crippen LogP contribution < -0.4 is 0 Å². The van der Waals surface area contributed by atoms with Gasteiger partial charge in [-0.15, -0.1) is 0 Å². The van der Waals surface area contributed by atoms with E-state index in [0.29, 0.717) is 5.57 Å². The average molecular weight is 126 g/mol. The second kappa shape index (κ2) is 3.83. The van der Waals surface area contributed by atoms with Crippen LogP contribution in [-0.4, -0.2) is 19.2 Å². The first-order valence-corrected chi connectivity index (χ1v) is 2.52. The van der Waals surface area contributed by atoms with Gasteiger partial charge in [-0.3, -0.25) is 5.41 Å². The van der Waals surface area contributed by atoms with Gasteiger partial charge in [-0.1, -0.05) is 0 Å². The Morgan fingerprint density at radius 3 is 2.44 bits per heavy atom. The maximum absolute atomic E-state index is 6.97. The van der Waals surface area contributed by atoms with Crippen LogP contribution in [0.5, 0.6) is 0 Å². The molecule has 2 N–H and O–H groups in total. The molecule has 0 amide bonds. The minimum atomic E-state index is 0.0796. The highest BCUT2D eigenvalue weighted by Gasteiger charge is 1.86. The third kappa shape index (κ3) is 3.46. The maximum Gasteiger partial charge on any atom is 0.205 e. The second-order valence-corrected chi connectivity index (χ2v) is 1.60. The Morgan fingerprint density at radius 2 is 2.11 bits per heavy atom. The van der Waals surface area contributed by atoms with Crippen molar-refractivity contribution < 1.29 is 4.74 Å². The summed E-state index contributed by atoms with van der Waals surface area (Å²) in [7, 11) is 1.43. The Labute approximate surface area is 54.4 Å². The van der Waals surface area contributed by atoms with Gasteiger partial charge in [0, 0.05) is 12.3 Å². The van der Waals surface area contributed by atoms with Crippen LogP contribution in [0, 0.1) is 10.8 Å². The maximum atomic E-state index is 6.97. The average Bonchev–Trinajstić information content (AvgIpc) is 1.87. The molecule has 0 radical (unpaired) electrons. The molecular formula is C6H10N2O. The first-order chi connectivity index (χ1) is 4.20. The Morgan fingerprint density at radius 1 is 1.56 bits per heavy atom.